The minimum absolute atomic E-state index is 0.0270. The van der Waals surface area contributed by atoms with Gasteiger partial charge in [-0.05, 0) is 42.7 Å². The summed E-state index contributed by atoms with van der Waals surface area (Å²) in [5.74, 6) is -0.806. The Bertz CT molecular complexity index is 1120. The first-order valence-corrected chi connectivity index (χ1v) is 12.1. The lowest BCUT2D eigenvalue weighted by Crippen LogP contribution is -2.31. The van der Waals surface area contributed by atoms with Gasteiger partial charge in [-0.15, -0.1) is 0 Å². The molecular weight excluding hydrogens is 450 g/mol. The van der Waals surface area contributed by atoms with E-state index in [0.717, 1.165) is 36.7 Å². The molecule has 0 bridgehead atoms. The second-order valence-corrected chi connectivity index (χ2v) is 9.34. The molecule has 0 saturated carbocycles. The molecule has 0 spiro atoms. The number of anilines is 1. The molecule has 2 aliphatic heterocycles. The van der Waals surface area contributed by atoms with E-state index in [-0.39, 0.29) is 30.7 Å². The summed E-state index contributed by atoms with van der Waals surface area (Å²) in [5, 5.41) is 12.1. The fraction of sp³-hybridized carbons (Fsp3) is 0.320. The summed E-state index contributed by atoms with van der Waals surface area (Å²) in [7, 11) is 0. The van der Waals surface area contributed by atoms with Gasteiger partial charge in [0.15, 0.2) is 5.17 Å². The van der Waals surface area contributed by atoms with E-state index in [1.165, 1.54) is 16.7 Å². The number of thioether (sulfide) groups is 1. The van der Waals surface area contributed by atoms with Crippen LogP contribution in [0.5, 0.6) is 0 Å². The number of nitrogens with zero attached hydrogens (tertiary/aromatic N) is 4. The molecule has 0 aliphatic carbocycles. The predicted molar refractivity (Wildman–Crippen MR) is 131 cm³/mol. The normalized spacial score (nSPS) is 17.3. The SMILES string of the molecule is N#CCN(Cc1ccccc1)C(=O)c1ccc(NC(=O)CC2SC(N3CCCC3)=NC2=O)cc1. The van der Waals surface area contributed by atoms with Gasteiger partial charge in [0.2, 0.25) is 5.91 Å². The van der Waals surface area contributed by atoms with Crippen molar-refractivity contribution in [3.8, 4) is 6.07 Å². The van der Waals surface area contributed by atoms with Crippen LogP contribution in [0, 0.1) is 11.3 Å². The van der Waals surface area contributed by atoms with Crippen molar-refractivity contribution in [2.45, 2.75) is 31.1 Å². The number of likely N-dealkylation sites (tertiary alicyclic amines) is 1. The molecule has 1 fully saturated rings. The zero-order valence-electron chi connectivity index (χ0n) is 18.6. The van der Waals surface area contributed by atoms with Crippen molar-refractivity contribution in [1.82, 2.24) is 9.80 Å². The van der Waals surface area contributed by atoms with E-state index in [9.17, 15) is 14.4 Å². The first kappa shape index (κ1) is 23.5. The number of rotatable bonds is 7. The fourth-order valence-electron chi connectivity index (χ4n) is 3.90. The number of amides is 3. The number of carbonyl (C=O) groups excluding carboxylic acids is 3. The van der Waals surface area contributed by atoms with Gasteiger partial charge in [-0.1, -0.05) is 42.1 Å². The Labute approximate surface area is 202 Å². The van der Waals surface area contributed by atoms with Crippen LogP contribution in [-0.2, 0) is 16.1 Å². The summed E-state index contributed by atoms with van der Waals surface area (Å²) >= 11 is 1.36. The van der Waals surface area contributed by atoms with E-state index in [1.807, 2.05) is 36.4 Å². The van der Waals surface area contributed by atoms with E-state index >= 15 is 0 Å². The molecule has 34 heavy (non-hydrogen) atoms. The average molecular weight is 476 g/mol. The number of nitrogens with one attached hydrogen (secondary N) is 1. The second kappa shape index (κ2) is 11.0. The molecule has 1 N–H and O–H groups in total. The number of aliphatic imine (C=N–C) groups is 1. The van der Waals surface area contributed by atoms with Crippen LogP contribution in [0.2, 0.25) is 0 Å². The molecule has 174 valence electrons. The Kier molecular flexibility index (Phi) is 7.60. The molecule has 4 rings (SSSR count). The van der Waals surface area contributed by atoms with Gasteiger partial charge < -0.3 is 15.1 Å². The largest absolute Gasteiger partial charge is 0.351 e. The monoisotopic (exact) mass is 475 g/mol. The molecule has 0 radical (unpaired) electrons. The van der Waals surface area contributed by atoms with Gasteiger partial charge in [0, 0.05) is 37.3 Å². The predicted octanol–water partition coefficient (Wildman–Crippen LogP) is 3.27. The standard InChI is InChI=1S/C25H25N5O3S/c26-12-15-30(17-18-6-2-1-3-7-18)24(33)19-8-10-20(11-9-19)27-22(31)16-21-23(32)28-25(34-21)29-13-4-5-14-29/h1-3,6-11,21H,4-5,13-17H2,(H,27,31). The van der Waals surface area contributed by atoms with E-state index in [0.29, 0.717) is 17.8 Å². The van der Waals surface area contributed by atoms with Crippen molar-refractivity contribution < 1.29 is 14.4 Å². The molecule has 9 heteroatoms. The van der Waals surface area contributed by atoms with Crippen molar-refractivity contribution >= 4 is 40.3 Å². The average Bonchev–Trinajstić information content (AvgIpc) is 3.50. The van der Waals surface area contributed by atoms with Crippen LogP contribution >= 0.6 is 11.8 Å². The molecule has 2 aromatic carbocycles. The fourth-order valence-corrected chi connectivity index (χ4v) is 5.02. The van der Waals surface area contributed by atoms with Crippen LogP contribution in [0.4, 0.5) is 5.69 Å². The third-order valence-corrected chi connectivity index (χ3v) is 6.87. The van der Waals surface area contributed by atoms with E-state index in [4.69, 9.17) is 5.26 Å². The zero-order valence-corrected chi connectivity index (χ0v) is 19.5. The third kappa shape index (κ3) is 5.83. The van der Waals surface area contributed by atoms with Gasteiger partial charge in [-0.2, -0.15) is 10.3 Å². The maximum absolute atomic E-state index is 12.9. The maximum Gasteiger partial charge on any atom is 0.262 e. The Morgan fingerprint density at radius 1 is 1.12 bits per heavy atom. The zero-order chi connectivity index (χ0) is 23.9. The van der Waals surface area contributed by atoms with Crippen LogP contribution in [0.25, 0.3) is 0 Å². The van der Waals surface area contributed by atoms with Gasteiger partial charge >= 0.3 is 0 Å². The van der Waals surface area contributed by atoms with Crippen LogP contribution in [0.3, 0.4) is 0 Å². The minimum Gasteiger partial charge on any atom is -0.351 e. The minimum atomic E-state index is -0.506. The highest BCUT2D eigenvalue weighted by molar-refractivity contribution is 8.15. The quantitative estimate of drug-likeness (QED) is 0.616. The molecular formula is C25H25N5O3S. The molecule has 1 atom stereocenters. The molecule has 3 amide bonds. The Hall–Kier alpha value is -3.64. The summed E-state index contributed by atoms with van der Waals surface area (Å²) < 4.78 is 0. The lowest BCUT2D eigenvalue weighted by Gasteiger charge is -2.20. The number of carbonyl (C=O) groups is 3. The number of amidine groups is 1. The van der Waals surface area contributed by atoms with E-state index in [1.54, 1.807) is 24.3 Å². The Balaban J connectivity index is 1.32. The molecule has 8 nitrogen and oxygen atoms in total. The van der Waals surface area contributed by atoms with E-state index in [2.05, 4.69) is 15.2 Å². The van der Waals surface area contributed by atoms with E-state index < -0.39 is 5.25 Å². The molecule has 2 heterocycles. The number of nitriles is 1. The number of hydrogen-bond donors (Lipinski definition) is 1. The molecule has 1 saturated heterocycles. The van der Waals surface area contributed by atoms with Crippen LogP contribution in [-0.4, -0.2) is 57.6 Å². The summed E-state index contributed by atoms with van der Waals surface area (Å²) in [6.45, 7) is 2.11. The molecule has 0 aromatic heterocycles. The highest BCUT2D eigenvalue weighted by Crippen LogP contribution is 2.29. The van der Waals surface area contributed by atoms with Crippen molar-refractivity contribution in [3.63, 3.8) is 0 Å². The van der Waals surface area contributed by atoms with Gasteiger partial charge in [-0.3, -0.25) is 14.4 Å². The van der Waals surface area contributed by atoms with Gasteiger partial charge in [0.05, 0.1) is 6.07 Å². The van der Waals surface area contributed by atoms with Crippen LogP contribution in [0.15, 0.2) is 59.6 Å². The van der Waals surface area contributed by atoms with Gasteiger partial charge in [0.1, 0.15) is 11.8 Å². The number of hydrogen-bond acceptors (Lipinski definition) is 6. The van der Waals surface area contributed by atoms with Gasteiger partial charge in [-0.25, -0.2) is 0 Å². The van der Waals surface area contributed by atoms with Crippen molar-refractivity contribution in [1.29, 1.82) is 5.26 Å². The van der Waals surface area contributed by atoms with Crippen LogP contribution < -0.4 is 5.32 Å². The molecule has 2 aliphatic rings. The van der Waals surface area contributed by atoms with Crippen molar-refractivity contribution in [2.75, 3.05) is 25.0 Å². The van der Waals surface area contributed by atoms with Crippen molar-refractivity contribution in [3.05, 3.63) is 65.7 Å². The lowest BCUT2D eigenvalue weighted by molar-refractivity contribution is -0.121. The summed E-state index contributed by atoms with van der Waals surface area (Å²) in [6, 6.07) is 18.1. The Morgan fingerprint density at radius 2 is 1.82 bits per heavy atom. The Morgan fingerprint density at radius 3 is 2.50 bits per heavy atom. The molecule has 2 aromatic rings. The van der Waals surface area contributed by atoms with Gasteiger partial charge in [0.25, 0.3) is 11.8 Å². The highest BCUT2D eigenvalue weighted by Gasteiger charge is 2.33. The summed E-state index contributed by atoms with van der Waals surface area (Å²) in [5.41, 5.74) is 1.90. The van der Waals surface area contributed by atoms with Crippen LogP contribution in [0.1, 0.15) is 35.2 Å². The second-order valence-electron chi connectivity index (χ2n) is 8.17. The lowest BCUT2D eigenvalue weighted by atomic mass is 10.1. The van der Waals surface area contributed by atoms with Crippen molar-refractivity contribution in [2.24, 2.45) is 4.99 Å². The number of benzene rings is 2. The topological polar surface area (TPSA) is 106 Å². The first-order valence-electron chi connectivity index (χ1n) is 11.2. The third-order valence-electron chi connectivity index (χ3n) is 5.66. The highest BCUT2D eigenvalue weighted by atomic mass is 32.2. The summed E-state index contributed by atoms with van der Waals surface area (Å²) in [4.78, 5) is 45.3. The maximum atomic E-state index is 12.9. The summed E-state index contributed by atoms with van der Waals surface area (Å²) in [6.07, 6.45) is 2.23. The smallest absolute Gasteiger partial charge is 0.262 e. The first-order chi connectivity index (χ1) is 16.5. The molecule has 1 unspecified atom stereocenters.